The lowest BCUT2D eigenvalue weighted by Gasteiger charge is -2.34. The van der Waals surface area contributed by atoms with Gasteiger partial charge in [-0.3, -0.25) is 9.69 Å². The van der Waals surface area contributed by atoms with Gasteiger partial charge in [-0.25, -0.2) is 4.68 Å². The molecule has 1 fully saturated rings. The molecular weight excluding hydrogens is 360 g/mol. The van der Waals surface area contributed by atoms with E-state index in [1.165, 1.54) is 0 Å². The first-order valence-corrected chi connectivity index (χ1v) is 9.14. The number of aromatic nitrogens is 5. The first kappa shape index (κ1) is 18.1. The van der Waals surface area contributed by atoms with Crippen molar-refractivity contribution in [2.24, 2.45) is 0 Å². The molecular formula is C18H22N8O2. The van der Waals surface area contributed by atoms with Crippen molar-refractivity contribution in [2.75, 3.05) is 42.9 Å². The number of nitrogens with one attached hydrogen (secondary N) is 1. The third kappa shape index (κ3) is 4.17. The van der Waals surface area contributed by atoms with Gasteiger partial charge in [-0.15, -0.1) is 10.2 Å². The van der Waals surface area contributed by atoms with Gasteiger partial charge in [-0.2, -0.15) is 5.10 Å². The Balaban J connectivity index is 1.28. The number of amides is 1. The zero-order valence-electron chi connectivity index (χ0n) is 15.9. The molecule has 0 radical (unpaired) electrons. The number of hydrogen-bond acceptors (Lipinski definition) is 8. The van der Waals surface area contributed by atoms with Crippen LogP contribution >= 0.6 is 0 Å². The number of aryl methyl sites for hydroxylation is 2. The minimum atomic E-state index is -0.0968. The molecule has 1 aliphatic rings. The van der Waals surface area contributed by atoms with Gasteiger partial charge in [0.15, 0.2) is 17.5 Å². The van der Waals surface area contributed by atoms with Crippen LogP contribution in [-0.4, -0.2) is 68.7 Å². The molecule has 0 saturated carbocycles. The first-order chi connectivity index (χ1) is 13.6. The molecule has 3 aromatic heterocycles. The van der Waals surface area contributed by atoms with Gasteiger partial charge in [0, 0.05) is 38.4 Å². The van der Waals surface area contributed by atoms with Crippen LogP contribution in [0, 0.1) is 13.8 Å². The Morgan fingerprint density at radius 2 is 1.86 bits per heavy atom. The number of carbonyl (C=O) groups is 1. The predicted octanol–water partition coefficient (Wildman–Crippen LogP) is 1.03. The predicted molar refractivity (Wildman–Crippen MR) is 102 cm³/mol. The Kier molecular flexibility index (Phi) is 5.02. The Morgan fingerprint density at radius 1 is 1.11 bits per heavy atom. The molecule has 3 aromatic rings. The van der Waals surface area contributed by atoms with Crippen molar-refractivity contribution in [3.05, 3.63) is 41.9 Å². The average Bonchev–Trinajstić information content (AvgIpc) is 3.30. The smallest absolute Gasteiger partial charge is 0.239 e. The van der Waals surface area contributed by atoms with Crippen molar-refractivity contribution in [1.82, 2.24) is 30.0 Å². The second-order valence-electron chi connectivity index (χ2n) is 6.79. The number of nitrogens with zero attached hydrogens (tertiary/aromatic N) is 7. The van der Waals surface area contributed by atoms with E-state index in [2.05, 4.69) is 35.6 Å². The van der Waals surface area contributed by atoms with Crippen molar-refractivity contribution in [3.8, 4) is 5.82 Å². The molecule has 0 aromatic carbocycles. The zero-order chi connectivity index (χ0) is 19.5. The molecule has 28 heavy (non-hydrogen) atoms. The molecule has 146 valence electrons. The summed E-state index contributed by atoms with van der Waals surface area (Å²) in [5.41, 5.74) is 0.935. The third-order valence-corrected chi connectivity index (χ3v) is 4.55. The molecule has 10 heteroatoms. The monoisotopic (exact) mass is 382 g/mol. The van der Waals surface area contributed by atoms with Gasteiger partial charge >= 0.3 is 0 Å². The summed E-state index contributed by atoms with van der Waals surface area (Å²) in [5.74, 6) is 2.54. The molecule has 0 bridgehead atoms. The SMILES string of the molecule is Cc1ccn(-c2ccc(N3CCN(CC(=O)Nc4cc(C)on4)CC3)nn2)n1. The molecule has 0 unspecified atom stereocenters. The van der Waals surface area contributed by atoms with E-state index >= 15 is 0 Å². The quantitative estimate of drug-likeness (QED) is 0.698. The van der Waals surface area contributed by atoms with Crippen molar-refractivity contribution >= 4 is 17.5 Å². The molecule has 1 saturated heterocycles. The average molecular weight is 382 g/mol. The summed E-state index contributed by atoms with van der Waals surface area (Å²) in [6, 6.07) is 7.49. The van der Waals surface area contributed by atoms with Crippen molar-refractivity contribution in [2.45, 2.75) is 13.8 Å². The van der Waals surface area contributed by atoms with Gasteiger partial charge in [0.05, 0.1) is 12.2 Å². The van der Waals surface area contributed by atoms with E-state index in [1.807, 2.05) is 31.3 Å². The second-order valence-corrected chi connectivity index (χ2v) is 6.79. The molecule has 1 N–H and O–H groups in total. The molecule has 4 rings (SSSR count). The topological polar surface area (TPSA) is 105 Å². The van der Waals surface area contributed by atoms with Gasteiger partial charge in [-0.05, 0) is 32.0 Å². The van der Waals surface area contributed by atoms with Crippen LogP contribution < -0.4 is 10.2 Å². The van der Waals surface area contributed by atoms with Crippen molar-refractivity contribution in [1.29, 1.82) is 0 Å². The largest absolute Gasteiger partial charge is 0.360 e. The summed E-state index contributed by atoms with van der Waals surface area (Å²) >= 11 is 0. The highest BCUT2D eigenvalue weighted by Gasteiger charge is 2.20. The fourth-order valence-electron chi connectivity index (χ4n) is 3.10. The Labute approximate surface area is 162 Å². The van der Waals surface area contributed by atoms with Crippen LogP contribution in [0.5, 0.6) is 0 Å². The fourth-order valence-corrected chi connectivity index (χ4v) is 3.10. The van der Waals surface area contributed by atoms with Gasteiger partial charge in [-0.1, -0.05) is 5.16 Å². The summed E-state index contributed by atoms with van der Waals surface area (Å²) in [4.78, 5) is 16.4. The van der Waals surface area contributed by atoms with E-state index in [4.69, 9.17) is 4.52 Å². The summed E-state index contributed by atoms with van der Waals surface area (Å²) in [6.07, 6.45) is 1.86. The maximum absolute atomic E-state index is 12.1. The first-order valence-electron chi connectivity index (χ1n) is 9.14. The highest BCUT2D eigenvalue weighted by molar-refractivity contribution is 5.91. The lowest BCUT2D eigenvalue weighted by molar-refractivity contribution is -0.117. The number of piperazine rings is 1. The summed E-state index contributed by atoms with van der Waals surface area (Å²) in [7, 11) is 0. The molecule has 0 spiro atoms. The van der Waals surface area contributed by atoms with Crippen molar-refractivity contribution in [3.63, 3.8) is 0 Å². The van der Waals surface area contributed by atoms with E-state index < -0.39 is 0 Å². The highest BCUT2D eigenvalue weighted by atomic mass is 16.5. The minimum absolute atomic E-state index is 0.0968. The third-order valence-electron chi connectivity index (χ3n) is 4.55. The standard InChI is InChI=1S/C18H22N8O2/c1-13-5-6-26(22-13)17-4-3-16(20-21-17)25-9-7-24(8-10-25)12-18(27)19-15-11-14(2)28-23-15/h3-6,11H,7-10,12H2,1-2H3,(H,19,23,27). The van der Waals surface area contributed by atoms with E-state index in [1.54, 1.807) is 17.7 Å². The number of carbonyl (C=O) groups excluding carboxylic acids is 1. The number of anilines is 2. The van der Waals surface area contributed by atoms with Crippen LogP contribution in [0.2, 0.25) is 0 Å². The van der Waals surface area contributed by atoms with E-state index in [-0.39, 0.29) is 5.91 Å². The van der Waals surface area contributed by atoms with Gasteiger partial charge in [0.25, 0.3) is 0 Å². The second kappa shape index (κ2) is 7.77. The summed E-state index contributed by atoms with van der Waals surface area (Å²) < 4.78 is 6.66. The van der Waals surface area contributed by atoms with Crippen LogP contribution in [0.1, 0.15) is 11.5 Å². The minimum Gasteiger partial charge on any atom is -0.360 e. The Bertz CT molecular complexity index is 941. The summed E-state index contributed by atoms with van der Waals surface area (Å²) in [6.45, 7) is 7.15. The lowest BCUT2D eigenvalue weighted by atomic mass is 10.3. The van der Waals surface area contributed by atoms with Gasteiger partial charge < -0.3 is 14.7 Å². The van der Waals surface area contributed by atoms with Crippen LogP contribution in [0.15, 0.2) is 35.0 Å². The van der Waals surface area contributed by atoms with Crippen LogP contribution in [-0.2, 0) is 4.79 Å². The number of hydrogen-bond donors (Lipinski definition) is 1. The van der Waals surface area contributed by atoms with E-state index in [0.29, 0.717) is 23.9 Å². The molecule has 1 amide bonds. The normalized spacial score (nSPS) is 15.0. The maximum atomic E-state index is 12.1. The molecule has 0 aliphatic carbocycles. The lowest BCUT2D eigenvalue weighted by Crippen LogP contribution is -2.49. The zero-order valence-corrected chi connectivity index (χ0v) is 15.9. The summed E-state index contributed by atoms with van der Waals surface area (Å²) in [5, 5.41) is 19.5. The van der Waals surface area contributed by atoms with Gasteiger partial charge in [0.1, 0.15) is 5.76 Å². The molecule has 4 heterocycles. The van der Waals surface area contributed by atoms with Gasteiger partial charge in [0.2, 0.25) is 5.91 Å². The molecule has 10 nitrogen and oxygen atoms in total. The maximum Gasteiger partial charge on any atom is 0.239 e. The Hall–Kier alpha value is -3.27. The van der Waals surface area contributed by atoms with E-state index in [0.717, 1.165) is 37.7 Å². The highest BCUT2D eigenvalue weighted by Crippen LogP contribution is 2.14. The Morgan fingerprint density at radius 3 is 2.46 bits per heavy atom. The van der Waals surface area contributed by atoms with Crippen LogP contribution in [0.4, 0.5) is 11.6 Å². The van der Waals surface area contributed by atoms with Crippen LogP contribution in [0.3, 0.4) is 0 Å². The van der Waals surface area contributed by atoms with Crippen molar-refractivity contribution < 1.29 is 9.32 Å². The fraction of sp³-hybridized carbons (Fsp3) is 0.389. The molecule has 0 atom stereocenters. The van der Waals surface area contributed by atoms with E-state index in [9.17, 15) is 4.79 Å². The number of rotatable bonds is 5. The van der Waals surface area contributed by atoms with Crippen LogP contribution in [0.25, 0.3) is 5.82 Å². The molecule has 1 aliphatic heterocycles.